The Kier molecular flexibility index (Phi) is 84.0. The molecular formula is C93H182O17P2. The van der Waals surface area contributed by atoms with E-state index in [0.717, 1.165) is 95.8 Å². The molecule has 19 heteroatoms. The molecule has 0 bridgehead atoms. The normalized spacial score (nSPS) is 13.7. The minimum Gasteiger partial charge on any atom is -0.462 e. The zero-order chi connectivity index (χ0) is 81.8. The number of carbonyl (C=O) groups excluding carboxylic acids is 4. The van der Waals surface area contributed by atoms with Gasteiger partial charge in [-0.15, -0.1) is 0 Å². The molecule has 0 heterocycles. The van der Waals surface area contributed by atoms with Crippen molar-refractivity contribution in [1.29, 1.82) is 0 Å². The molecule has 0 aliphatic heterocycles. The first-order valence-electron chi connectivity index (χ1n) is 48.1. The van der Waals surface area contributed by atoms with Gasteiger partial charge in [-0.1, -0.05) is 458 Å². The van der Waals surface area contributed by atoms with Crippen molar-refractivity contribution in [2.45, 2.75) is 528 Å². The lowest BCUT2D eigenvalue weighted by atomic mass is 10.0. The molecule has 0 aromatic carbocycles. The highest BCUT2D eigenvalue weighted by atomic mass is 31.2. The van der Waals surface area contributed by atoms with E-state index in [-0.39, 0.29) is 25.7 Å². The summed E-state index contributed by atoms with van der Waals surface area (Å²) in [6.45, 7) is 7.45. The number of rotatable bonds is 93. The molecule has 0 aromatic rings. The summed E-state index contributed by atoms with van der Waals surface area (Å²) in [6.07, 6.45) is 82.0. The second kappa shape index (κ2) is 85.5. The number of esters is 4. The van der Waals surface area contributed by atoms with Crippen LogP contribution in [0.4, 0.5) is 0 Å². The van der Waals surface area contributed by atoms with Crippen molar-refractivity contribution in [3.63, 3.8) is 0 Å². The predicted molar refractivity (Wildman–Crippen MR) is 465 cm³/mol. The van der Waals surface area contributed by atoms with Gasteiger partial charge in [0.25, 0.3) is 0 Å². The number of phosphoric ester groups is 2. The molecule has 0 amide bonds. The van der Waals surface area contributed by atoms with Gasteiger partial charge in [0.05, 0.1) is 26.4 Å². The standard InChI is InChI=1S/C93H182O17P2/c1-6-9-12-15-18-21-24-27-29-31-33-34-35-40-43-47-52-57-62-67-72-77-91(96)104-83-89(110-93(98)79-74-69-64-59-54-49-45-41-37-36-38-42-46-50-55-60-65-70-75-86(4)5)85-108-112(101,102)106-81-87(94)80-105-111(99,100)107-84-88(82-103-90(95)76-71-66-61-56-51-26-23-20-17-14-11-8-3)109-92(97)78-73-68-63-58-53-48-44-39-32-30-28-25-22-19-16-13-10-7-2/h86-89,94H,6-85H2,1-5H3,(H,99,100)(H,101,102)/t87-,88+,89+/m0/s1. The molecule has 5 atom stereocenters. The molecule has 0 radical (unpaired) electrons. The Labute approximate surface area is 689 Å². The molecule has 0 aliphatic rings. The van der Waals surface area contributed by atoms with Gasteiger partial charge < -0.3 is 33.8 Å². The predicted octanol–water partition coefficient (Wildman–Crippen LogP) is 29.1. The Hall–Kier alpha value is -1.94. The number of unbranched alkanes of at least 4 members (excludes halogenated alkanes) is 65. The van der Waals surface area contributed by atoms with Gasteiger partial charge in [0, 0.05) is 25.7 Å². The molecule has 0 saturated heterocycles. The number of hydrogen-bond acceptors (Lipinski definition) is 15. The Bertz CT molecular complexity index is 2120. The minimum absolute atomic E-state index is 0.110. The summed E-state index contributed by atoms with van der Waals surface area (Å²) in [7, 11) is -9.94. The number of phosphoric acid groups is 2. The van der Waals surface area contributed by atoms with E-state index in [9.17, 15) is 43.2 Å². The summed E-state index contributed by atoms with van der Waals surface area (Å²) in [5.74, 6) is -1.27. The van der Waals surface area contributed by atoms with Crippen LogP contribution >= 0.6 is 15.6 Å². The summed E-state index contributed by atoms with van der Waals surface area (Å²) in [5, 5.41) is 10.7. The fraction of sp³-hybridized carbons (Fsp3) is 0.957. The van der Waals surface area contributed by atoms with Crippen LogP contribution in [0.25, 0.3) is 0 Å². The molecule has 0 fully saturated rings. The van der Waals surface area contributed by atoms with Gasteiger partial charge in [-0.2, -0.15) is 0 Å². The maximum absolute atomic E-state index is 13.2. The third kappa shape index (κ3) is 85.9. The van der Waals surface area contributed by atoms with Crippen LogP contribution in [0.5, 0.6) is 0 Å². The number of ether oxygens (including phenoxy) is 4. The zero-order valence-corrected chi connectivity index (χ0v) is 75.6. The summed E-state index contributed by atoms with van der Waals surface area (Å²) < 4.78 is 69.1. The quantitative estimate of drug-likeness (QED) is 0.0222. The molecule has 0 aromatic heterocycles. The van der Waals surface area contributed by atoms with Crippen LogP contribution in [0.3, 0.4) is 0 Å². The molecule has 3 N–H and O–H groups in total. The molecule has 0 aliphatic carbocycles. The van der Waals surface area contributed by atoms with E-state index in [2.05, 4.69) is 34.6 Å². The summed E-state index contributed by atoms with van der Waals surface area (Å²) in [6, 6.07) is 0. The van der Waals surface area contributed by atoms with Gasteiger partial charge in [0.1, 0.15) is 19.3 Å². The Morgan fingerprint density at radius 1 is 0.241 bits per heavy atom. The zero-order valence-electron chi connectivity index (χ0n) is 73.8. The van der Waals surface area contributed by atoms with Crippen LogP contribution in [-0.4, -0.2) is 96.7 Å². The average molecular weight is 1630 g/mol. The molecule has 0 rings (SSSR count). The first-order valence-corrected chi connectivity index (χ1v) is 51.1. The lowest BCUT2D eigenvalue weighted by Gasteiger charge is -2.21. The lowest BCUT2D eigenvalue weighted by Crippen LogP contribution is -2.30. The number of aliphatic hydroxyl groups excluding tert-OH is 1. The van der Waals surface area contributed by atoms with E-state index in [1.807, 2.05) is 0 Å². The molecule has 17 nitrogen and oxygen atoms in total. The van der Waals surface area contributed by atoms with Gasteiger partial charge >= 0.3 is 39.5 Å². The minimum atomic E-state index is -4.97. The monoisotopic (exact) mass is 1630 g/mol. The van der Waals surface area contributed by atoms with Crippen LogP contribution in [0, 0.1) is 5.92 Å². The molecule has 112 heavy (non-hydrogen) atoms. The van der Waals surface area contributed by atoms with Crippen LogP contribution in [0.1, 0.15) is 510 Å². The number of carbonyl (C=O) groups is 4. The number of aliphatic hydroxyl groups is 1. The molecular weight excluding hydrogens is 1450 g/mol. The topological polar surface area (TPSA) is 237 Å². The smallest absolute Gasteiger partial charge is 0.462 e. The maximum Gasteiger partial charge on any atom is 0.472 e. The van der Waals surface area contributed by atoms with E-state index in [0.29, 0.717) is 25.7 Å². The summed E-state index contributed by atoms with van der Waals surface area (Å²) >= 11 is 0. The van der Waals surface area contributed by atoms with Crippen molar-refractivity contribution >= 4 is 39.5 Å². The van der Waals surface area contributed by atoms with Crippen molar-refractivity contribution < 1.29 is 80.2 Å². The van der Waals surface area contributed by atoms with E-state index in [1.165, 1.54) is 334 Å². The van der Waals surface area contributed by atoms with Gasteiger partial charge in [0.2, 0.25) is 0 Å². The van der Waals surface area contributed by atoms with Gasteiger partial charge in [0.15, 0.2) is 12.2 Å². The van der Waals surface area contributed by atoms with Gasteiger partial charge in [-0.05, 0) is 31.6 Å². The fourth-order valence-corrected chi connectivity index (χ4v) is 16.3. The van der Waals surface area contributed by atoms with Crippen molar-refractivity contribution in [2.75, 3.05) is 39.6 Å². The summed E-state index contributed by atoms with van der Waals surface area (Å²) in [5.41, 5.74) is 0. The van der Waals surface area contributed by atoms with Crippen LogP contribution in [0.15, 0.2) is 0 Å². The highest BCUT2D eigenvalue weighted by Gasteiger charge is 2.31. The van der Waals surface area contributed by atoms with Gasteiger partial charge in [-0.25, -0.2) is 9.13 Å². The molecule has 666 valence electrons. The molecule has 0 saturated carbocycles. The van der Waals surface area contributed by atoms with E-state index in [4.69, 9.17) is 37.0 Å². The summed E-state index contributed by atoms with van der Waals surface area (Å²) in [4.78, 5) is 73.5. The third-order valence-corrected chi connectivity index (χ3v) is 23.9. The largest absolute Gasteiger partial charge is 0.472 e. The van der Waals surface area contributed by atoms with Crippen molar-refractivity contribution in [2.24, 2.45) is 5.92 Å². The first kappa shape index (κ1) is 110. The number of hydrogen-bond donors (Lipinski definition) is 3. The highest BCUT2D eigenvalue weighted by Crippen LogP contribution is 2.45. The van der Waals surface area contributed by atoms with Crippen LogP contribution in [-0.2, 0) is 65.4 Å². The lowest BCUT2D eigenvalue weighted by molar-refractivity contribution is -0.161. The Balaban J connectivity index is 5.24. The Morgan fingerprint density at radius 2 is 0.411 bits per heavy atom. The average Bonchev–Trinajstić information content (AvgIpc) is 0.897. The molecule has 0 spiro atoms. The third-order valence-electron chi connectivity index (χ3n) is 22.0. The maximum atomic E-state index is 13.2. The van der Waals surface area contributed by atoms with E-state index >= 15 is 0 Å². The first-order chi connectivity index (χ1) is 54.5. The SMILES string of the molecule is CCCCCCCCCCCCCCCCCCCCCCCC(=O)OC[C@H](COP(=O)(O)OC[C@@H](O)COP(=O)(O)OC[C@@H](COC(=O)CCCCCCCCCCCCCC)OC(=O)CCCCCCCCCCCCCCCCCCCC)OC(=O)CCCCCCCCCCCCCCCCCCCCC(C)C. The van der Waals surface area contributed by atoms with Crippen molar-refractivity contribution in [3.05, 3.63) is 0 Å². The second-order valence-electron chi connectivity index (χ2n) is 33.9. The highest BCUT2D eigenvalue weighted by molar-refractivity contribution is 7.47. The van der Waals surface area contributed by atoms with Crippen molar-refractivity contribution in [3.8, 4) is 0 Å². The van der Waals surface area contributed by atoms with Gasteiger partial charge in [-0.3, -0.25) is 37.3 Å². The Morgan fingerprint density at radius 3 is 0.607 bits per heavy atom. The fourth-order valence-electron chi connectivity index (χ4n) is 14.7. The van der Waals surface area contributed by atoms with Crippen molar-refractivity contribution in [1.82, 2.24) is 0 Å². The second-order valence-corrected chi connectivity index (χ2v) is 36.8. The van der Waals surface area contributed by atoms with E-state index in [1.54, 1.807) is 0 Å². The van der Waals surface area contributed by atoms with Crippen LogP contribution in [0.2, 0.25) is 0 Å². The molecule has 2 unspecified atom stereocenters. The van der Waals surface area contributed by atoms with Crippen LogP contribution < -0.4 is 0 Å². The van der Waals surface area contributed by atoms with E-state index < -0.39 is 97.5 Å².